The van der Waals surface area contributed by atoms with Crippen LogP contribution in [0.5, 0.6) is 0 Å². The third-order valence-electron chi connectivity index (χ3n) is 4.33. The van der Waals surface area contributed by atoms with Gasteiger partial charge in [-0.3, -0.25) is 4.79 Å². The van der Waals surface area contributed by atoms with Crippen LogP contribution >= 0.6 is 0 Å². The molecule has 4 heteroatoms. The number of fused-ring (bicyclic) bond motifs is 1. The number of aromatic nitrogens is 1. The standard InChI is InChI=1S/C16H17N3O/c1-11-14(12-6-3-4-7-13(12)18-11)19(2)15(20)16(10-17)8-5-9-16/h3-4,6-7,18H,5,8-9H2,1-2H3. The smallest absolute Gasteiger partial charge is 0.247 e. The molecule has 1 fully saturated rings. The van der Waals surface area contributed by atoms with E-state index in [4.69, 9.17) is 0 Å². The van der Waals surface area contributed by atoms with Gasteiger partial charge in [0.1, 0.15) is 5.41 Å². The van der Waals surface area contributed by atoms with Crippen LogP contribution in [0.15, 0.2) is 24.3 Å². The van der Waals surface area contributed by atoms with Crippen molar-refractivity contribution in [1.29, 1.82) is 5.26 Å². The van der Waals surface area contributed by atoms with Gasteiger partial charge in [0.25, 0.3) is 0 Å². The average molecular weight is 267 g/mol. The number of hydrogen-bond acceptors (Lipinski definition) is 2. The third kappa shape index (κ3) is 1.63. The number of nitrogens with zero attached hydrogens (tertiary/aromatic N) is 2. The summed E-state index contributed by atoms with van der Waals surface area (Å²) in [6, 6.07) is 10.1. The molecule has 0 spiro atoms. The Morgan fingerprint density at radius 1 is 1.40 bits per heavy atom. The fourth-order valence-corrected chi connectivity index (χ4v) is 3.02. The molecule has 4 nitrogen and oxygen atoms in total. The second-order valence-corrected chi connectivity index (χ2v) is 5.56. The fraction of sp³-hybridized carbons (Fsp3) is 0.375. The summed E-state index contributed by atoms with van der Waals surface area (Å²) in [4.78, 5) is 17.6. The van der Waals surface area contributed by atoms with Crippen molar-refractivity contribution in [3.63, 3.8) is 0 Å². The van der Waals surface area contributed by atoms with Crippen LogP contribution < -0.4 is 4.90 Å². The minimum absolute atomic E-state index is 0.0842. The molecule has 3 rings (SSSR count). The summed E-state index contributed by atoms with van der Waals surface area (Å²) in [7, 11) is 1.77. The molecule has 1 aliphatic carbocycles. The van der Waals surface area contributed by atoms with Crippen LogP contribution in [-0.2, 0) is 4.79 Å². The van der Waals surface area contributed by atoms with Crippen molar-refractivity contribution < 1.29 is 4.79 Å². The highest BCUT2D eigenvalue weighted by Crippen LogP contribution is 2.43. The maximum absolute atomic E-state index is 12.7. The number of aryl methyl sites for hydroxylation is 1. The highest BCUT2D eigenvalue weighted by molar-refractivity contribution is 6.07. The van der Waals surface area contributed by atoms with E-state index in [1.54, 1.807) is 11.9 Å². The predicted molar refractivity (Wildman–Crippen MR) is 78.3 cm³/mol. The molecule has 0 atom stereocenters. The molecule has 2 aromatic rings. The van der Waals surface area contributed by atoms with Crippen molar-refractivity contribution in [3.05, 3.63) is 30.0 Å². The molecule has 20 heavy (non-hydrogen) atoms. The zero-order valence-corrected chi connectivity index (χ0v) is 11.7. The first-order chi connectivity index (χ1) is 9.59. The molecule has 1 aliphatic rings. The lowest BCUT2D eigenvalue weighted by molar-refractivity contribution is -0.128. The number of rotatable bonds is 2. The number of nitriles is 1. The maximum Gasteiger partial charge on any atom is 0.247 e. The Balaban J connectivity index is 2.05. The van der Waals surface area contributed by atoms with Crippen molar-refractivity contribution >= 4 is 22.5 Å². The Morgan fingerprint density at radius 2 is 2.10 bits per heavy atom. The third-order valence-corrected chi connectivity index (χ3v) is 4.33. The van der Waals surface area contributed by atoms with Gasteiger partial charge in [0.2, 0.25) is 5.91 Å². The van der Waals surface area contributed by atoms with Crippen LogP contribution in [0.1, 0.15) is 25.0 Å². The first-order valence-electron chi connectivity index (χ1n) is 6.86. The highest BCUT2D eigenvalue weighted by atomic mass is 16.2. The molecule has 102 valence electrons. The summed E-state index contributed by atoms with van der Waals surface area (Å²) in [5.41, 5.74) is 2.04. The monoisotopic (exact) mass is 267 g/mol. The van der Waals surface area contributed by atoms with E-state index >= 15 is 0 Å². The summed E-state index contributed by atoms with van der Waals surface area (Å²) in [5, 5.41) is 10.4. The van der Waals surface area contributed by atoms with E-state index in [0.29, 0.717) is 12.8 Å². The van der Waals surface area contributed by atoms with E-state index in [2.05, 4.69) is 11.1 Å². The quantitative estimate of drug-likeness (QED) is 0.908. The van der Waals surface area contributed by atoms with Gasteiger partial charge in [-0.2, -0.15) is 5.26 Å². The number of anilines is 1. The number of carbonyl (C=O) groups excluding carboxylic acids is 1. The van der Waals surface area contributed by atoms with Crippen molar-refractivity contribution in [3.8, 4) is 6.07 Å². The number of nitrogens with one attached hydrogen (secondary N) is 1. The number of para-hydroxylation sites is 1. The first kappa shape index (κ1) is 12.7. The van der Waals surface area contributed by atoms with E-state index in [0.717, 1.165) is 28.7 Å². The summed E-state index contributed by atoms with van der Waals surface area (Å²) < 4.78 is 0. The summed E-state index contributed by atoms with van der Waals surface area (Å²) in [6.45, 7) is 1.96. The van der Waals surface area contributed by atoms with Crippen molar-refractivity contribution in [2.45, 2.75) is 26.2 Å². The Morgan fingerprint density at radius 3 is 2.70 bits per heavy atom. The number of aromatic amines is 1. The van der Waals surface area contributed by atoms with Crippen LogP contribution in [0, 0.1) is 23.7 Å². The van der Waals surface area contributed by atoms with Gasteiger partial charge < -0.3 is 9.88 Å². The molecule has 1 saturated carbocycles. The maximum atomic E-state index is 12.7. The molecule has 0 bridgehead atoms. The molecule has 0 unspecified atom stereocenters. The van der Waals surface area contributed by atoms with Gasteiger partial charge in [-0.15, -0.1) is 0 Å². The number of carbonyl (C=O) groups is 1. The molecule has 1 aromatic heterocycles. The van der Waals surface area contributed by atoms with E-state index < -0.39 is 5.41 Å². The molecule has 0 saturated heterocycles. The molecule has 0 aliphatic heterocycles. The van der Waals surface area contributed by atoms with Crippen LogP contribution in [0.4, 0.5) is 5.69 Å². The largest absolute Gasteiger partial charge is 0.357 e. The Bertz CT molecular complexity index is 719. The second kappa shape index (κ2) is 4.38. The number of hydrogen-bond donors (Lipinski definition) is 1. The van der Waals surface area contributed by atoms with E-state index in [9.17, 15) is 10.1 Å². The predicted octanol–water partition coefficient (Wildman–Crippen LogP) is 3.13. The van der Waals surface area contributed by atoms with Gasteiger partial charge in [0, 0.05) is 23.6 Å². The lowest BCUT2D eigenvalue weighted by Crippen LogP contribution is -2.45. The first-order valence-corrected chi connectivity index (χ1v) is 6.86. The Kier molecular flexibility index (Phi) is 2.79. The zero-order chi connectivity index (χ0) is 14.3. The van der Waals surface area contributed by atoms with E-state index in [1.165, 1.54) is 0 Å². The van der Waals surface area contributed by atoms with E-state index in [1.807, 2.05) is 31.2 Å². The lowest BCUT2D eigenvalue weighted by Gasteiger charge is -2.36. The van der Waals surface area contributed by atoms with Gasteiger partial charge in [-0.1, -0.05) is 18.2 Å². The highest BCUT2D eigenvalue weighted by Gasteiger charge is 2.46. The SMILES string of the molecule is Cc1[nH]c2ccccc2c1N(C)C(=O)C1(C#N)CCC1. The van der Waals surface area contributed by atoms with Crippen LogP contribution in [-0.4, -0.2) is 17.9 Å². The fourth-order valence-electron chi connectivity index (χ4n) is 3.02. The van der Waals surface area contributed by atoms with Crippen molar-refractivity contribution in [2.75, 3.05) is 11.9 Å². The molecule has 1 heterocycles. The normalized spacial score (nSPS) is 16.4. The average Bonchev–Trinajstić information content (AvgIpc) is 2.73. The minimum Gasteiger partial charge on any atom is -0.357 e. The van der Waals surface area contributed by atoms with Crippen LogP contribution in [0.3, 0.4) is 0 Å². The van der Waals surface area contributed by atoms with Gasteiger partial charge in [0.15, 0.2) is 0 Å². The molecule has 0 radical (unpaired) electrons. The number of benzene rings is 1. The van der Waals surface area contributed by atoms with Gasteiger partial charge in [0.05, 0.1) is 11.8 Å². The molecular formula is C16H17N3O. The lowest BCUT2D eigenvalue weighted by atomic mass is 9.69. The molecular weight excluding hydrogens is 250 g/mol. The second-order valence-electron chi connectivity index (χ2n) is 5.56. The summed E-state index contributed by atoms with van der Waals surface area (Å²) in [5.74, 6) is -0.0842. The van der Waals surface area contributed by atoms with E-state index in [-0.39, 0.29) is 5.91 Å². The number of amides is 1. The van der Waals surface area contributed by atoms with Gasteiger partial charge >= 0.3 is 0 Å². The zero-order valence-electron chi connectivity index (χ0n) is 11.7. The van der Waals surface area contributed by atoms with Crippen LogP contribution in [0.2, 0.25) is 0 Å². The summed E-state index contributed by atoms with van der Waals surface area (Å²) >= 11 is 0. The summed E-state index contributed by atoms with van der Waals surface area (Å²) in [6.07, 6.45) is 2.31. The topological polar surface area (TPSA) is 59.9 Å². The van der Waals surface area contributed by atoms with Gasteiger partial charge in [-0.25, -0.2) is 0 Å². The van der Waals surface area contributed by atoms with Crippen molar-refractivity contribution in [2.24, 2.45) is 5.41 Å². The molecule has 1 amide bonds. The van der Waals surface area contributed by atoms with Crippen LogP contribution in [0.25, 0.3) is 10.9 Å². The molecule has 1 N–H and O–H groups in total. The Labute approximate surface area is 118 Å². The van der Waals surface area contributed by atoms with Gasteiger partial charge in [-0.05, 0) is 32.3 Å². The molecule has 1 aromatic carbocycles. The van der Waals surface area contributed by atoms with Crippen molar-refractivity contribution in [1.82, 2.24) is 4.98 Å². The Hall–Kier alpha value is -2.28. The minimum atomic E-state index is -0.806. The number of H-pyrrole nitrogens is 1.